The molecule has 0 saturated carbocycles. The van der Waals surface area contributed by atoms with E-state index in [9.17, 15) is 5.11 Å². The van der Waals surface area contributed by atoms with Crippen LogP contribution in [0.25, 0.3) is 10.8 Å². The summed E-state index contributed by atoms with van der Waals surface area (Å²) >= 11 is 0. The summed E-state index contributed by atoms with van der Waals surface area (Å²) in [6.07, 6.45) is 5.10. The maximum atomic E-state index is 9.29. The van der Waals surface area contributed by atoms with Crippen molar-refractivity contribution < 1.29 is 9.84 Å². The van der Waals surface area contributed by atoms with Crippen molar-refractivity contribution in [3.05, 3.63) is 36.0 Å². The number of nitrogens with zero attached hydrogens (tertiary/aromatic N) is 1. The zero-order valence-electron chi connectivity index (χ0n) is 10.7. The van der Waals surface area contributed by atoms with Gasteiger partial charge >= 0.3 is 0 Å². The lowest BCUT2D eigenvalue weighted by molar-refractivity contribution is 0.281. The van der Waals surface area contributed by atoms with Gasteiger partial charge in [-0.15, -0.1) is 0 Å². The molecule has 0 aliphatic carbocycles. The quantitative estimate of drug-likeness (QED) is 0.794. The van der Waals surface area contributed by atoms with Crippen LogP contribution in [0.2, 0.25) is 0 Å². The molecule has 0 atom stereocenters. The molecule has 1 aromatic carbocycles. The lowest BCUT2D eigenvalue weighted by Gasteiger charge is -2.10. The standard InChI is InChI=1S/C15H19NO2/c1-2-3-6-9-18-15-14-8-5-4-7-13(14)12(11-17)10-16-15/h4-5,7-8,10,17H,2-3,6,9,11H2,1H3. The molecule has 0 bridgehead atoms. The molecule has 0 unspecified atom stereocenters. The van der Waals surface area contributed by atoms with Crippen LogP contribution >= 0.6 is 0 Å². The highest BCUT2D eigenvalue weighted by atomic mass is 16.5. The summed E-state index contributed by atoms with van der Waals surface area (Å²) in [6, 6.07) is 7.89. The van der Waals surface area contributed by atoms with E-state index in [4.69, 9.17) is 4.74 Å². The van der Waals surface area contributed by atoms with E-state index in [0.29, 0.717) is 12.5 Å². The molecule has 18 heavy (non-hydrogen) atoms. The van der Waals surface area contributed by atoms with Gasteiger partial charge in [-0.2, -0.15) is 0 Å². The molecule has 0 aliphatic heterocycles. The second-order valence-electron chi connectivity index (χ2n) is 4.35. The molecule has 0 fully saturated rings. The molecule has 0 aliphatic rings. The van der Waals surface area contributed by atoms with E-state index in [2.05, 4.69) is 11.9 Å². The average Bonchev–Trinajstić information content (AvgIpc) is 2.43. The Hall–Kier alpha value is -1.61. The molecule has 1 aromatic heterocycles. The van der Waals surface area contributed by atoms with Crippen LogP contribution in [0.1, 0.15) is 31.7 Å². The second-order valence-corrected chi connectivity index (χ2v) is 4.35. The molecular formula is C15H19NO2. The number of aliphatic hydroxyl groups excluding tert-OH is 1. The molecule has 0 radical (unpaired) electrons. The van der Waals surface area contributed by atoms with Gasteiger partial charge in [-0.25, -0.2) is 4.98 Å². The van der Waals surface area contributed by atoms with Gasteiger partial charge in [-0.1, -0.05) is 38.0 Å². The smallest absolute Gasteiger partial charge is 0.221 e. The van der Waals surface area contributed by atoms with Crippen LogP contribution < -0.4 is 4.74 Å². The molecule has 3 nitrogen and oxygen atoms in total. The Balaban J connectivity index is 2.23. The number of fused-ring (bicyclic) bond motifs is 1. The van der Waals surface area contributed by atoms with E-state index < -0.39 is 0 Å². The minimum Gasteiger partial charge on any atom is -0.477 e. The van der Waals surface area contributed by atoms with E-state index in [-0.39, 0.29) is 6.61 Å². The molecule has 96 valence electrons. The van der Waals surface area contributed by atoms with Crippen LogP contribution in [0.15, 0.2) is 30.5 Å². The second kappa shape index (κ2) is 6.36. The Labute approximate surface area is 107 Å². The predicted octanol–water partition coefficient (Wildman–Crippen LogP) is 3.30. The van der Waals surface area contributed by atoms with Crippen molar-refractivity contribution in [2.24, 2.45) is 0 Å². The first-order valence-electron chi connectivity index (χ1n) is 6.47. The maximum Gasteiger partial charge on any atom is 0.221 e. The fraction of sp³-hybridized carbons (Fsp3) is 0.400. The summed E-state index contributed by atoms with van der Waals surface area (Å²) in [7, 11) is 0. The van der Waals surface area contributed by atoms with E-state index in [1.807, 2.05) is 24.3 Å². The van der Waals surface area contributed by atoms with Crippen molar-refractivity contribution in [3.63, 3.8) is 0 Å². The topological polar surface area (TPSA) is 42.4 Å². The highest BCUT2D eigenvalue weighted by molar-refractivity contribution is 5.89. The summed E-state index contributed by atoms with van der Waals surface area (Å²) in [6.45, 7) is 2.87. The molecule has 0 saturated heterocycles. The third-order valence-electron chi connectivity index (χ3n) is 3.00. The van der Waals surface area contributed by atoms with Crippen molar-refractivity contribution in [3.8, 4) is 5.88 Å². The monoisotopic (exact) mass is 245 g/mol. The summed E-state index contributed by atoms with van der Waals surface area (Å²) in [5, 5.41) is 11.3. The Kier molecular flexibility index (Phi) is 4.53. The van der Waals surface area contributed by atoms with E-state index in [1.165, 1.54) is 12.8 Å². The van der Waals surface area contributed by atoms with Crippen LogP contribution in [0, 0.1) is 0 Å². The third-order valence-corrected chi connectivity index (χ3v) is 3.00. The predicted molar refractivity (Wildman–Crippen MR) is 72.7 cm³/mol. The summed E-state index contributed by atoms with van der Waals surface area (Å²) in [4.78, 5) is 4.29. The molecule has 0 spiro atoms. The SMILES string of the molecule is CCCCCOc1ncc(CO)c2ccccc12. The van der Waals surface area contributed by atoms with Gasteiger partial charge in [0.1, 0.15) is 0 Å². The highest BCUT2D eigenvalue weighted by Gasteiger charge is 2.07. The minimum absolute atomic E-state index is 0.00360. The molecule has 0 amide bonds. The number of pyridine rings is 1. The van der Waals surface area contributed by atoms with Gasteiger partial charge in [0.2, 0.25) is 5.88 Å². The van der Waals surface area contributed by atoms with Crippen molar-refractivity contribution in [1.29, 1.82) is 0 Å². The van der Waals surface area contributed by atoms with Crippen LogP contribution in [-0.4, -0.2) is 16.7 Å². The number of hydrogen-bond donors (Lipinski definition) is 1. The van der Waals surface area contributed by atoms with Gasteiger partial charge in [0.25, 0.3) is 0 Å². The molecule has 3 heteroatoms. The largest absolute Gasteiger partial charge is 0.477 e. The van der Waals surface area contributed by atoms with E-state index in [0.717, 1.165) is 22.8 Å². The van der Waals surface area contributed by atoms with Crippen molar-refractivity contribution in [2.75, 3.05) is 6.61 Å². The van der Waals surface area contributed by atoms with Gasteiger partial charge in [0.15, 0.2) is 0 Å². The number of unbranched alkanes of at least 4 members (excludes halogenated alkanes) is 2. The average molecular weight is 245 g/mol. The van der Waals surface area contributed by atoms with Crippen LogP contribution in [-0.2, 0) is 6.61 Å². The van der Waals surface area contributed by atoms with Gasteiger partial charge < -0.3 is 9.84 Å². The van der Waals surface area contributed by atoms with Crippen LogP contribution in [0.4, 0.5) is 0 Å². The Morgan fingerprint density at radius 2 is 1.94 bits per heavy atom. The minimum atomic E-state index is 0.00360. The lowest BCUT2D eigenvalue weighted by atomic mass is 10.1. The van der Waals surface area contributed by atoms with Gasteiger partial charge in [-0.3, -0.25) is 0 Å². The first kappa shape index (κ1) is 12.8. The maximum absolute atomic E-state index is 9.29. The van der Waals surface area contributed by atoms with Crippen LogP contribution in [0.5, 0.6) is 5.88 Å². The van der Waals surface area contributed by atoms with Crippen LogP contribution in [0.3, 0.4) is 0 Å². The van der Waals surface area contributed by atoms with Crippen molar-refractivity contribution in [2.45, 2.75) is 32.8 Å². The summed E-state index contributed by atoms with van der Waals surface area (Å²) in [5.41, 5.74) is 0.839. The fourth-order valence-corrected chi connectivity index (χ4v) is 1.99. The normalized spacial score (nSPS) is 10.8. The van der Waals surface area contributed by atoms with Crippen molar-refractivity contribution in [1.82, 2.24) is 4.98 Å². The lowest BCUT2D eigenvalue weighted by Crippen LogP contribution is -2.00. The number of benzene rings is 1. The first-order valence-corrected chi connectivity index (χ1v) is 6.47. The first-order chi connectivity index (χ1) is 8.86. The number of rotatable bonds is 6. The Morgan fingerprint density at radius 1 is 1.17 bits per heavy atom. The molecular weight excluding hydrogens is 226 g/mol. The van der Waals surface area contributed by atoms with E-state index in [1.54, 1.807) is 6.20 Å². The van der Waals surface area contributed by atoms with E-state index >= 15 is 0 Å². The number of aliphatic hydroxyl groups is 1. The van der Waals surface area contributed by atoms with Gasteiger partial charge in [-0.05, 0) is 17.9 Å². The molecule has 1 heterocycles. The summed E-state index contributed by atoms with van der Waals surface area (Å²) in [5.74, 6) is 0.666. The number of ether oxygens (including phenoxy) is 1. The zero-order valence-corrected chi connectivity index (χ0v) is 10.7. The molecule has 2 aromatic rings. The highest BCUT2D eigenvalue weighted by Crippen LogP contribution is 2.26. The zero-order chi connectivity index (χ0) is 12.8. The molecule has 2 rings (SSSR count). The molecule has 1 N–H and O–H groups in total. The number of hydrogen-bond acceptors (Lipinski definition) is 3. The van der Waals surface area contributed by atoms with Gasteiger partial charge in [0.05, 0.1) is 13.2 Å². The Morgan fingerprint density at radius 3 is 2.67 bits per heavy atom. The van der Waals surface area contributed by atoms with Crippen molar-refractivity contribution >= 4 is 10.8 Å². The fourth-order valence-electron chi connectivity index (χ4n) is 1.99. The Bertz CT molecular complexity index is 511. The van der Waals surface area contributed by atoms with Gasteiger partial charge in [0, 0.05) is 17.1 Å². The summed E-state index contributed by atoms with van der Waals surface area (Å²) < 4.78 is 5.73. The number of aromatic nitrogens is 1. The third kappa shape index (κ3) is 2.79.